The van der Waals surface area contributed by atoms with Crippen LogP contribution in [0.25, 0.3) is 0 Å². The fourth-order valence-electron chi connectivity index (χ4n) is 1.97. The van der Waals surface area contributed by atoms with Crippen molar-refractivity contribution in [3.05, 3.63) is 12.7 Å². The summed E-state index contributed by atoms with van der Waals surface area (Å²) in [5.74, 6) is 0. The average molecular weight is 226 g/mol. The second-order valence-corrected chi connectivity index (χ2v) is 5.51. The topological polar surface area (TPSA) is 15.3 Å². The zero-order valence-electron chi connectivity index (χ0n) is 11.7. The third-order valence-electron chi connectivity index (χ3n) is 2.68. The van der Waals surface area contributed by atoms with Crippen LogP contribution in [0.4, 0.5) is 0 Å². The van der Waals surface area contributed by atoms with Crippen LogP contribution in [0.2, 0.25) is 0 Å². The molecule has 0 aliphatic rings. The fourth-order valence-corrected chi connectivity index (χ4v) is 1.97. The van der Waals surface area contributed by atoms with E-state index >= 15 is 0 Å². The van der Waals surface area contributed by atoms with Crippen LogP contribution in [0.1, 0.15) is 40.0 Å². The first-order chi connectivity index (χ1) is 7.52. The number of nitrogens with zero attached hydrogens (tertiary/aromatic N) is 1. The van der Waals surface area contributed by atoms with Crippen molar-refractivity contribution in [2.24, 2.45) is 5.41 Å². The Balaban J connectivity index is 3.71. The summed E-state index contributed by atoms with van der Waals surface area (Å²) < 4.78 is 0. The van der Waals surface area contributed by atoms with Gasteiger partial charge in [0.1, 0.15) is 0 Å². The lowest BCUT2D eigenvalue weighted by atomic mass is 9.92. The van der Waals surface area contributed by atoms with Crippen molar-refractivity contribution in [3.8, 4) is 0 Å². The van der Waals surface area contributed by atoms with E-state index in [4.69, 9.17) is 0 Å². The summed E-state index contributed by atoms with van der Waals surface area (Å²) in [7, 11) is 2.21. The summed E-state index contributed by atoms with van der Waals surface area (Å²) in [6, 6.07) is 0. The van der Waals surface area contributed by atoms with Crippen LogP contribution in [0.3, 0.4) is 0 Å². The van der Waals surface area contributed by atoms with Gasteiger partial charge in [-0.3, -0.25) is 0 Å². The van der Waals surface area contributed by atoms with E-state index in [0.29, 0.717) is 5.41 Å². The second kappa shape index (κ2) is 8.77. The molecule has 16 heavy (non-hydrogen) atoms. The van der Waals surface area contributed by atoms with Gasteiger partial charge in [-0.2, -0.15) is 0 Å². The quantitative estimate of drug-likeness (QED) is 0.455. The number of hydrogen-bond donors (Lipinski definition) is 1. The first kappa shape index (κ1) is 15.7. The highest BCUT2D eigenvalue weighted by Gasteiger charge is 2.19. The van der Waals surface area contributed by atoms with Gasteiger partial charge in [0.05, 0.1) is 0 Å². The number of rotatable bonds is 10. The Morgan fingerprint density at radius 2 is 2.06 bits per heavy atom. The molecule has 0 heterocycles. The Labute approximate surface area is 102 Å². The number of allylic oxidation sites excluding steroid dienone is 1. The van der Waals surface area contributed by atoms with Crippen molar-refractivity contribution in [3.63, 3.8) is 0 Å². The summed E-state index contributed by atoms with van der Waals surface area (Å²) in [6.45, 7) is 15.2. The van der Waals surface area contributed by atoms with E-state index in [0.717, 1.165) is 26.1 Å². The van der Waals surface area contributed by atoms with Crippen molar-refractivity contribution in [1.29, 1.82) is 0 Å². The van der Waals surface area contributed by atoms with E-state index in [1.54, 1.807) is 0 Å². The molecule has 0 fully saturated rings. The Kier molecular flexibility index (Phi) is 8.58. The van der Waals surface area contributed by atoms with Gasteiger partial charge in [-0.15, -0.1) is 6.58 Å². The van der Waals surface area contributed by atoms with E-state index in [2.05, 4.69) is 44.6 Å². The molecule has 0 aromatic carbocycles. The molecule has 0 atom stereocenters. The number of nitrogens with one attached hydrogen (secondary N) is 1. The van der Waals surface area contributed by atoms with Crippen LogP contribution in [0.15, 0.2) is 12.7 Å². The van der Waals surface area contributed by atoms with Gasteiger partial charge >= 0.3 is 0 Å². The van der Waals surface area contributed by atoms with Crippen LogP contribution < -0.4 is 5.32 Å². The molecule has 0 saturated heterocycles. The van der Waals surface area contributed by atoms with Gasteiger partial charge in [-0.05, 0) is 44.8 Å². The lowest BCUT2D eigenvalue weighted by Gasteiger charge is -2.30. The Hall–Kier alpha value is -0.340. The smallest absolute Gasteiger partial charge is 0.00418 e. The Bertz CT molecular complexity index is 176. The SMILES string of the molecule is C=CCCCN(C)CC(C)(C)CNCCC. The molecule has 0 unspecified atom stereocenters. The molecule has 2 heteroatoms. The maximum absolute atomic E-state index is 3.75. The van der Waals surface area contributed by atoms with Crippen molar-refractivity contribution in [2.45, 2.75) is 40.0 Å². The van der Waals surface area contributed by atoms with Gasteiger partial charge in [0.15, 0.2) is 0 Å². The highest BCUT2D eigenvalue weighted by molar-refractivity contribution is 4.75. The summed E-state index contributed by atoms with van der Waals surface area (Å²) in [5, 5.41) is 3.51. The molecule has 0 aromatic rings. The molecule has 0 radical (unpaired) electrons. The molecule has 0 aliphatic carbocycles. The maximum atomic E-state index is 3.75. The van der Waals surface area contributed by atoms with Gasteiger partial charge in [-0.1, -0.05) is 26.8 Å². The molecule has 0 aliphatic heterocycles. The van der Waals surface area contributed by atoms with E-state index in [1.807, 2.05) is 6.08 Å². The summed E-state index contributed by atoms with van der Waals surface area (Å²) in [4.78, 5) is 2.43. The highest BCUT2D eigenvalue weighted by atomic mass is 15.1. The zero-order valence-corrected chi connectivity index (χ0v) is 11.7. The molecule has 1 N–H and O–H groups in total. The van der Waals surface area contributed by atoms with Crippen molar-refractivity contribution < 1.29 is 0 Å². The third kappa shape index (κ3) is 8.93. The lowest BCUT2D eigenvalue weighted by Crippen LogP contribution is -2.39. The second-order valence-electron chi connectivity index (χ2n) is 5.51. The van der Waals surface area contributed by atoms with Crippen LogP contribution in [-0.4, -0.2) is 38.1 Å². The van der Waals surface area contributed by atoms with Crippen molar-refractivity contribution >= 4 is 0 Å². The molecule has 0 saturated carbocycles. The number of unbranched alkanes of at least 4 members (excludes halogenated alkanes) is 1. The molecule has 0 aromatic heterocycles. The third-order valence-corrected chi connectivity index (χ3v) is 2.68. The van der Waals surface area contributed by atoms with Crippen molar-refractivity contribution in [2.75, 3.05) is 33.2 Å². The first-order valence-corrected chi connectivity index (χ1v) is 6.52. The molecule has 0 bridgehead atoms. The zero-order chi connectivity index (χ0) is 12.4. The van der Waals surface area contributed by atoms with Gasteiger partial charge < -0.3 is 10.2 Å². The van der Waals surface area contributed by atoms with E-state index in [9.17, 15) is 0 Å². The summed E-state index contributed by atoms with van der Waals surface area (Å²) >= 11 is 0. The molecule has 0 rings (SSSR count). The van der Waals surface area contributed by atoms with Crippen LogP contribution in [0, 0.1) is 5.41 Å². The molecule has 0 amide bonds. The van der Waals surface area contributed by atoms with Crippen LogP contribution in [-0.2, 0) is 0 Å². The van der Waals surface area contributed by atoms with Gasteiger partial charge in [0.2, 0.25) is 0 Å². The predicted octanol–water partition coefficient (Wildman–Crippen LogP) is 2.91. The predicted molar refractivity (Wildman–Crippen MR) is 73.9 cm³/mol. The molecule has 0 spiro atoms. The minimum Gasteiger partial charge on any atom is -0.316 e. The Morgan fingerprint density at radius 1 is 1.38 bits per heavy atom. The highest BCUT2D eigenvalue weighted by Crippen LogP contribution is 2.15. The minimum atomic E-state index is 0.359. The average Bonchev–Trinajstić information content (AvgIpc) is 2.17. The standard InChI is InChI=1S/C14H30N2/c1-6-8-9-11-16(5)13-14(3,4)12-15-10-7-2/h6,15H,1,7-13H2,2-5H3. The maximum Gasteiger partial charge on any atom is 0.00418 e. The molecular weight excluding hydrogens is 196 g/mol. The normalized spacial score (nSPS) is 12.1. The Morgan fingerprint density at radius 3 is 2.62 bits per heavy atom. The monoisotopic (exact) mass is 226 g/mol. The van der Waals surface area contributed by atoms with Gasteiger partial charge in [0.25, 0.3) is 0 Å². The largest absolute Gasteiger partial charge is 0.316 e. The first-order valence-electron chi connectivity index (χ1n) is 6.52. The van der Waals surface area contributed by atoms with Crippen molar-refractivity contribution in [1.82, 2.24) is 10.2 Å². The molecular formula is C14H30N2. The summed E-state index contributed by atoms with van der Waals surface area (Å²) in [6.07, 6.45) is 5.56. The fraction of sp³-hybridized carbons (Fsp3) is 0.857. The summed E-state index contributed by atoms with van der Waals surface area (Å²) in [5.41, 5.74) is 0.359. The van der Waals surface area contributed by atoms with E-state index < -0.39 is 0 Å². The number of hydrogen-bond acceptors (Lipinski definition) is 2. The van der Waals surface area contributed by atoms with Gasteiger partial charge in [0, 0.05) is 13.1 Å². The van der Waals surface area contributed by atoms with Crippen LogP contribution in [0.5, 0.6) is 0 Å². The minimum absolute atomic E-state index is 0.359. The molecule has 2 nitrogen and oxygen atoms in total. The lowest BCUT2D eigenvalue weighted by molar-refractivity contribution is 0.203. The van der Waals surface area contributed by atoms with Gasteiger partial charge in [-0.25, -0.2) is 0 Å². The molecule has 96 valence electrons. The van der Waals surface area contributed by atoms with E-state index in [-0.39, 0.29) is 0 Å². The van der Waals surface area contributed by atoms with Crippen LogP contribution >= 0.6 is 0 Å². The van der Waals surface area contributed by atoms with E-state index in [1.165, 1.54) is 19.4 Å².